The van der Waals surface area contributed by atoms with Gasteiger partial charge in [-0.15, -0.1) is 0 Å². The van der Waals surface area contributed by atoms with Crippen LogP contribution >= 0.6 is 0 Å². The maximum atomic E-state index is 12.0. The number of hydrogen-bond donors (Lipinski definition) is 0. The minimum atomic E-state index is -0.389. The summed E-state index contributed by atoms with van der Waals surface area (Å²) in [5.41, 5.74) is 0.510. The Bertz CT molecular complexity index is 793. The summed E-state index contributed by atoms with van der Waals surface area (Å²) in [4.78, 5) is 12.0. The van der Waals surface area contributed by atoms with Crippen molar-refractivity contribution in [1.82, 2.24) is 0 Å². The summed E-state index contributed by atoms with van der Waals surface area (Å²) in [6.45, 7) is 0. The van der Waals surface area contributed by atoms with Crippen molar-refractivity contribution in [3.63, 3.8) is 0 Å². The van der Waals surface area contributed by atoms with Crippen LogP contribution in [-0.4, -0.2) is 13.1 Å². The Morgan fingerprint density at radius 2 is 1.17 bits per heavy atom. The van der Waals surface area contributed by atoms with Crippen molar-refractivity contribution in [3.8, 4) is 23.0 Å². The Kier molecular flexibility index (Phi) is 4.77. The van der Waals surface area contributed by atoms with E-state index in [9.17, 15) is 4.79 Å². The number of ether oxygens (including phenoxy) is 3. The largest absolute Gasteiger partial charge is 0.497 e. The summed E-state index contributed by atoms with van der Waals surface area (Å²) in [5.74, 6) is 2.19. The fourth-order valence-corrected chi connectivity index (χ4v) is 2.10. The van der Waals surface area contributed by atoms with Gasteiger partial charge in [0.05, 0.1) is 12.7 Å². The molecule has 0 saturated heterocycles. The standard InChI is InChI=1S/C20H16O4/c1-22-16-7-9-17(10-8-16)23-18-11-13-19(14-12-18)24-20(21)15-5-3-2-4-6-15/h2-14H,1H3. The number of rotatable bonds is 5. The highest BCUT2D eigenvalue weighted by molar-refractivity contribution is 5.90. The van der Waals surface area contributed by atoms with Crippen LogP contribution in [0.1, 0.15) is 10.4 Å². The van der Waals surface area contributed by atoms with Gasteiger partial charge in [0.1, 0.15) is 23.0 Å². The Morgan fingerprint density at radius 3 is 1.71 bits per heavy atom. The van der Waals surface area contributed by atoms with Crippen LogP contribution < -0.4 is 14.2 Å². The molecule has 0 N–H and O–H groups in total. The van der Waals surface area contributed by atoms with Crippen molar-refractivity contribution >= 4 is 5.97 Å². The molecule has 120 valence electrons. The first-order valence-corrected chi connectivity index (χ1v) is 7.44. The van der Waals surface area contributed by atoms with E-state index in [4.69, 9.17) is 14.2 Å². The lowest BCUT2D eigenvalue weighted by Crippen LogP contribution is -2.07. The van der Waals surface area contributed by atoms with Gasteiger partial charge in [0.2, 0.25) is 0 Å². The lowest BCUT2D eigenvalue weighted by Gasteiger charge is -2.08. The van der Waals surface area contributed by atoms with Crippen molar-refractivity contribution in [1.29, 1.82) is 0 Å². The molecule has 4 nitrogen and oxygen atoms in total. The van der Waals surface area contributed by atoms with Gasteiger partial charge in [-0.2, -0.15) is 0 Å². The highest BCUT2D eigenvalue weighted by Crippen LogP contribution is 2.25. The second kappa shape index (κ2) is 7.33. The molecule has 0 radical (unpaired) electrons. The van der Waals surface area contributed by atoms with Crippen LogP contribution in [0.15, 0.2) is 78.9 Å². The maximum Gasteiger partial charge on any atom is 0.343 e. The number of benzene rings is 3. The average Bonchev–Trinajstić information content (AvgIpc) is 2.65. The molecule has 3 rings (SSSR count). The molecule has 0 aliphatic carbocycles. The van der Waals surface area contributed by atoms with Crippen LogP contribution in [0.5, 0.6) is 23.0 Å². The molecule has 0 spiro atoms. The summed E-state index contributed by atoms with van der Waals surface area (Å²) in [5, 5.41) is 0. The Morgan fingerprint density at radius 1 is 0.667 bits per heavy atom. The van der Waals surface area contributed by atoms with Gasteiger partial charge in [0, 0.05) is 0 Å². The number of methoxy groups -OCH3 is 1. The third kappa shape index (κ3) is 3.93. The smallest absolute Gasteiger partial charge is 0.343 e. The molecule has 0 aliphatic heterocycles. The molecule has 24 heavy (non-hydrogen) atoms. The zero-order valence-corrected chi connectivity index (χ0v) is 13.1. The summed E-state index contributed by atoms with van der Waals surface area (Å²) in [6.07, 6.45) is 0. The molecule has 0 aromatic heterocycles. The molecular weight excluding hydrogens is 304 g/mol. The molecule has 0 atom stereocenters. The van der Waals surface area contributed by atoms with E-state index in [2.05, 4.69) is 0 Å². The van der Waals surface area contributed by atoms with Crippen LogP contribution in [0.25, 0.3) is 0 Å². The zero-order chi connectivity index (χ0) is 16.8. The van der Waals surface area contributed by atoms with Gasteiger partial charge in [0.15, 0.2) is 0 Å². The van der Waals surface area contributed by atoms with Crippen molar-refractivity contribution < 1.29 is 19.0 Å². The predicted octanol–water partition coefficient (Wildman–Crippen LogP) is 4.71. The molecular formula is C20H16O4. The molecule has 0 unspecified atom stereocenters. The quantitative estimate of drug-likeness (QED) is 0.504. The van der Waals surface area contributed by atoms with Crippen LogP contribution in [0, 0.1) is 0 Å². The summed E-state index contributed by atoms with van der Waals surface area (Å²) in [6, 6.07) is 23.0. The van der Waals surface area contributed by atoms with Crippen LogP contribution in [0.2, 0.25) is 0 Å². The molecule has 3 aromatic carbocycles. The highest BCUT2D eigenvalue weighted by Gasteiger charge is 2.07. The van der Waals surface area contributed by atoms with E-state index in [-0.39, 0.29) is 5.97 Å². The SMILES string of the molecule is COc1ccc(Oc2ccc(OC(=O)c3ccccc3)cc2)cc1. The van der Waals surface area contributed by atoms with E-state index in [1.807, 2.05) is 30.3 Å². The predicted molar refractivity (Wildman–Crippen MR) is 90.9 cm³/mol. The Balaban J connectivity index is 1.63. The number of esters is 1. The summed E-state index contributed by atoms with van der Waals surface area (Å²) < 4.78 is 16.2. The minimum absolute atomic E-state index is 0.389. The first kappa shape index (κ1) is 15.6. The van der Waals surface area contributed by atoms with Gasteiger partial charge >= 0.3 is 5.97 Å². The molecule has 0 aliphatic rings. The lowest BCUT2D eigenvalue weighted by molar-refractivity contribution is 0.0734. The van der Waals surface area contributed by atoms with Gasteiger partial charge in [-0.3, -0.25) is 0 Å². The number of carbonyl (C=O) groups is 1. The van der Waals surface area contributed by atoms with Crippen molar-refractivity contribution in [2.45, 2.75) is 0 Å². The topological polar surface area (TPSA) is 44.8 Å². The maximum absolute atomic E-state index is 12.0. The average molecular weight is 320 g/mol. The van der Waals surface area contributed by atoms with E-state index in [0.29, 0.717) is 22.8 Å². The first-order valence-electron chi connectivity index (χ1n) is 7.44. The van der Waals surface area contributed by atoms with Gasteiger partial charge in [-0.05, 0) is 60.7 Å². The van der Waals surface area contributed by atoms with Crippen molar-refractivity contribution in [2.24, 2.45) is 0 Å². The van der Waals surface area contributed by atoms with Crippen LogP contribution in [-0.2, 0) is 0 Å². The fourth-order valence-electron chi connectivity index (χ4n) is 2.10. The van der Waals surface area contributed by atoms with Crippen LogP contribution in [0.3, 0.4) is 0 Å². The Hall–Kier alpha value is -3.27. The summed E-state index contributed by atoms with van der Waals surface area (Å²) in [7, 11) is 1.62. The van der Waals surface area contributed by atoms with Gasteiger partial charge in [-0.25, -0.2) is 4.79 Å². The molecule has 0 fully saturated rings. The van der Waals surface area contributed by atoms with Gasteiger partial charge in [0.25, 0.3) is 0 Å². The van der Waals surface area contributed by atoms with Gasteiger partial charge < -0.3 is 14.2 Å². The fraction of sp³-hybridized carbons (Fsp3) is 0.0500. The molecule has 0 heterocycles. The molecule has 0 bridgehead atoms. The second-order valence-corrected chi connectivity index (χ2v) is 5.00. The minimum Gasteiger partial charge on any atom is -0.497 e. The normalized spacial score (nSPS) is 10.0. The van der Waals surface area contributed by atoms with Crippen LogP contribution in [0.4, 0.5) is 0 Å². The van der Waals surface area contributed by atoms with E-state index < -0.39 is 0 Å². The third-order valence-corrected chi connectivity index (χ3v) is 3.34. The van der Waals surface area contributed by atoms with E-state index in [1.54, 1.807) is 55.6 Å². The Labute approximate surface area is 140 Å². The zero-order valence-electron chi connectivity index (χ0n) is 13.1. The summed E-state index contributed by atoms with van der Waals surface area (Å²) >= 11 is 0. The number of carbonyl (C=O) groups excluding carboxylic acids is 1. The molecule has 4 heteroatoms. The van der Waals surface area contributed by atoms with Crippen molar-refractivity contribution in [2.75, 3.05) is 7.11 Å². The molecule has 0 saturated carbocycles. The molecule has 3 aromatic rings. The first-order chi connectivity index (χ1) is 11.7. The second-order valence-electron chi connectivity index (χ2n) is 5.00. The monoisotopic (exact) mass is 320 g/mol. The lowest BCUT2D eigenvalue weighted by atomic mass is 10.2. The van der Waals surface area contributed by atoms with E-state index in [1.165, 1.54) is 0 Å². The van der Waals surface area contributed by atoms with Crippen molar-refractivity contribution in [3.05, 3.63) is 84.4 Å². The van der Waals surface area contributed by atoms with E-state index >= 15 is 0 Å². The third-order valence-electron chi connectivity index (χ3n) is 3.34. The van der Waals surface area contributed by atoms with Gasteiger partial charge in [-0.1, -0.05) is 18.2 Å². The highest BCUT2D eigenvalue weighted by atomic mass is 16.5. The molecule has 0 amide bonds. The number of hydrogen-bond acceptors (Lipinski definition) is 4. The van der Waals surface area contributed by atoms with E-state index in [0.717, 1.165) is 5.75 Å².